The largest absolute Gasteiger partial charge is 0.493 e. The fraction of sp³-hybridized carbons (Fsp3) is 0.529. The Balaban J connectivity index is 3.07. The monoisotopic (exact) mass is 323 g/mol. The van der Waals surface area contributed by atoms with E-state index < -0.39 is 11.6 Å². The normalized spacial score (nSPS) is 13.1. The van der Waals surface area contributed by atoms with Gasteiger partial charge in [0, 0.05) is 12.8 Å². The Morgan fingerprint density at radius 3 is 2.39 bits per heavy atom. The number of hydrogen-bond donors (Lipinski definition) is 1. The van der Waals surface area contributed by atoms with Crippen LogP contribution in [0.4, 0.5) is 5.69 Å². The van der Waals surface area contributed by atoms with E-state index in [1.807, 2.05) is 13.8 Å². The van der Waals surface area contributed by atoms with Crippen LogP contribution < -0.4 is 10.1 Å². The van der Waals surface area contributed by atoms with Crippen LogP contribution in [-0.2, 0) is 14.3 Å². The number of anilines is 1. The number of carbonyl (C=O) groups is 2. The van der Waals surface area contributed by atoms with E-state index in [1.54, 1.807) is 32.0 Å². The number of nitrogens with one attached hydrogen (secondary N) is 1. The number of amides is 1. The number of rotatable bonds is 8. The molecule has 0 bridgehead atoms. The Hall–Kier alpha value is -2.08. The standard InChI is InChI=1S/C17H25NO5/c1-6-17(4,21-5)16(20)18-12-9-10-14(22-7-2)13(11-12)15(19)23-8-3/h9-11H,6-8H2,1-5H3,(H,18,20)/t17-/m1/s1. The lowest BCUT2D eigenvalue weighted by molar-refractivity contribution is -0.136. The number of carbonyl (C=O) groups excluding carboxylic acids is 2. The number of ether oxygens (including phenoxy) is 3. The van der Waals surface area contributed by atoms with Gasteiger partial charge in [-0.05, 0) is 45.4 Å². The van der Waals surface area contributed by atoms with Gasteiger partial charge in [-0.15, -0.1) is 0 Å². The summed E-state index contributed by atoms with van der Waals surface area (Å²) in [6, 6.07) is 4.87. The van der Waals surface area contributed by atoms with E-state index in [4.69, 9.17) is 14.2 Å². The molecule has 0 aliphatic carbocycles. The summed E-state index contributed by atoms with van der Waals surface area (Å²) in [5.74, 6) is -0.340. The van der Waals surface area contributed by atoms with E-state index in [2.05, 4.69) is 5.32 Å². The average molecular weight is 323 g/mol. The quantitative estimate of drug-likeness (QED) is 0.744. The summed E-state index contributed by atoms with van der Waals surface area (Å²) < 4.78 is 15.7. The van der Waals surface area contributed by atoms with E-state index >= 15 is 0 Å². The summed E-state index contributed by atoms with van der Waals surface area (Å²) in [7, 11) is 1.49. The Kier molecular flexibility index (Phi) is 7.03. The lowest BCUT2D eigenvalue weighted by Gasteiger charge is -2.25. The van der Waals surface area contributed by atoms with Crippen LogP contribution in [0.1, 0.15) is 44.5 Å². The summed E-state index contributed by atoms with van der Waals surface area (Å²) >= 11 is 0. The van der Waals surface area contributed by atoms with E-state index in [1.165, 1.54) is 7.11 Å². The van der Waals surface area contributed by atoms with Crippen molar-refractivity contribution < 1.29 is 23.8 Å². The van der Waals surface area contributed by atoms with Gasteiger partial charge in [0.1, 0.15) is 16.9 Å². The zero-order valence-corrected chi connectivity index (χ0v) is 14.4. The van der Waals surface area contributed by atoms with Gasteiger partial charge in [0.05, 0.1) is 13.2 Å². The molecule has 1 atom stereocenters. The summed E-state index contributed by atoms with van der Waals surface area (Å²) in [5.41, 5.74) is -0.164. The molecular formula is C17H25NO5. The number of esters is 1. The molecule has 6 nitrogen and oxygen atoms in total. The smallest absolute Gasteiger partial charge is 0.341 e. The van der Waals surface area contributed by atoms with Crippen molar-refractivity contribution in [1.29, 1.82) is 0 Å². The molecule has 1 aromatic rings. The molecule has 23 heavy (non-hydrogen) atoms. The van der Waals surface area contributed by atoms with Crippen LogP contribution in [0.15, 0.2) is 18.2 Å². The minimum atomic E-state index is -0.928. The third-order valence-electron chi connectivity index (χ3n) is 3.64. The van der Waals surface area contributed by atoms with Crippen molar-refractivity contribution in [2.24, 2.45) is 0 Å². The molecule has 1 N–H and O–H groups in total. The van der Waals surface area contributed by atoms with Crippen LogP contribution in [0.25, 0.3) is 0 Å². The first-order valence-corrected chi connectivity index (χ1v) is 7.72. The molecule has 0 aliphatic rings. The maximum absolute atomic E-state index is 12.3. The van der Waals surface area contributed by atoms with Gasteiger partial charge in [-0.3, -0.25) is 4.79 Å². The highest BCUT2D eigenvalue weighted by molar-refractivity contribution is 5.99. The predicted octanol–water partition coefficient (Wildman–Crippen LogP) is 3.02. The second-order valence-corrected chi connectivity index (χ2v) is 5.11. The first-order valence-electron chi connectivity index (χ1n) is 7.72. The van der Waals surface area contributed by atoms with Gasteiger partial charge in [0.15, 0.2) is 0 Å². The van der Waals surface area contributed by atoms with Crippen LogP contribution >= 0.6 is 0 Å². The highest BCUT2D eigenvalue weighted by atomic mass is 16.5. The molecule has 0 fully saturated rings. The first-order chi connectivity index (χ1) is 10.9. The summed E-state index contributed by atoms with van der Waals surface area (Å²) in [5, 5.41) is 2.76. The third kappa shape index (κ3) is 4.69. The Labute approximate surface area is 137 Å². The maximum Gasteiger partial charge on any atom is 0.341 e. The topological polar surface area (TPSA) is 73.9 Å². The molecule has 0 radical (unpaired) electrons. The Morgan fingerprint density at radius 1 is 1.17 bits per heavy atom. The van der Waals surface area contributed by atoms with Crippen molar-refractivity contribution in [3.05, 3.63) is 23.8 Å². The minimum absolute atomic E-state index is 0.262. The molecule has 1 amide bonds. The van der Waals surface area contributed by atoms with Crippen molar-refractivity contribution in [2.45, 2.75) is 39.7 Å². The molecule has 1 rings (SSSR count). The lowest BCUT2D eigenvalue weighted by atomic mass is 10.0. The molecule has 6 heteroatoms. The molecular weight excluding hydrogens is 298 g/mol. The molecule has 0 saturated carbocycles. The number of methoxy groups -OCH3 is 1. The van der Waals surface area contributed by atoms with Gasteiger partial charge in [0.2, 0.25) is 0 Å². The maximum atomic E-state index is 12.3. The second kappa shape index (κ2) is 8.53. The van der Waals surface area contributed by atoms with Gasteiger partial charge in [-0.2, -0.15) is 0 Å². The van der Waals surface area contributed by atoms with Crippen molar-refractivity contribution in [3.63, 3.8) is 0 Å². The van der Waals surface area contributed by atoms with Crippen molar-refractivity contribution in [3.8, 4) is 5.75 Å². The van der Waals surface area contributed by atoms with Gasteiger partial charge in [-0.1, -0.05) is 6.92 Å². The summed E-state index contributed by atoms with van der Waals surface area (Å²) in [6.07, 6.45) is 0.525. The predicted molar refractivity (Wildman–Crippen MR) is 87.9 cm³/mol. The van der Waals surface area contributed by atoms with E-state index in [0.29, 0.717) is 24.5 Å². The minimum Gasteiger partial charge on any atom is -0.493 e. The SMILES string of the molecule is CCOC(=O)c1cc(NC(=O)[C@@](C)(CC)OC)ccc1OCC. The van der Waals surface area contributed by atoms with E-state index in [-0.39, 0.29) is 18.1 Å². The van der Waals surface area contributed by atoms with Crippen LogP contribution in [0.5, 0.6) is 5.75 Å². The van der Waals surface area contributed by atoms with Gasteiger partial charge in [-0.25, -0.2) is 4.79 Å². The molecule has 0 saturated heterocycles. The Bertz CT molecular complexity index is 552. The van der Waals surface area contributed by atoms with Gasteiger partial charge < -0.3 is 19.5 Å². The zero-order chi connectivity index (χ0) is 17.5. The fourth-order valence-electron chi connectivity index (χ4n) is 1.92. The average Bonchev–Trinajstić information content (AvgIpc) is 2.55. The first kappa shape index (κ1) is 19.0. The van der Waals surface area contributed by atoms with Crippen LogP contribution in [-0.4, -0.2) is 37.8 Å². The van der Waals surface area contributed by atoms with E-state index in [0.717, 1.165) is 0 Å². The molecule has 0 aliphatic heterocycles. The van der Waals surface area contributed by atoms with Crippen LogP contribution in [0.2, 0.25) is 0 Å². The summed E-state index contributed by atoms with van der Waals surface area (Å²) in [6.45, 7) is 7.83. The third-order valence-corrected chi connectivity index (χ3v) is 3.64. The highest BCUT2D eigenvalue weighted by Crippen LogP contribution is 2.25. The second-order valence-electron chi connectivity index (χ2n) is 5.11. The highest BCUT2D eigenvalue weighted by Gasteiger charge is 2.31. The molecule has 0 heterocycles. The van der Waals surface area contributed by atoms with Crippen molar-refractivity contribution >= 4 is 17.6 Å². The molecule has 0 spiro atoms. The summed E-state index contributed by atoms with van der Waals surface area (Å²) in [4.78, 5) is 24.4. The molecule has 0 aromatic heterocycles. The van der Waals surface area contributed by atoms with Gasteiger partial charge >= 0.3 is 5.97 Å². The van der Waals surface area contributed by atoms with Gasteiger partial charge in [0.25, 0.3) is 5.91 Å². The fourth-order valence-corrected chi connectivity index (χ4v) is 1.92. The Morgan fingerprint density at radius 2 is 1.87 bits per heavy atom. The molecule has 128 valence electrons. The van der Waals surface area contributed by atoms with Crippen molar-refractivity contribution in [2.75, 3.05) is 25.6 Å². The lowest BCUT2D eigenvalue weighted by Crippen LogP contribution is -2.41. The zero-order valence-electron chi connectivity index (χ0n) is 14.4. The van der Waals surface area contributed by atoms with Crippen LogP contribution in [0.3, 0.4) is 0 Å². The van der Waals surface area contributed by atoms with E-state index in [9.17, 15) is 9.59 Å². The number of hydrogen-bond acceptors (Lipinski definition) is 5. The van der Waals surface area contributed by atoms with Crippen molar-refractivity contribution in [1.82, 2.24) is 0 Å². The molecule has 1 aromatic carbocycles. The van der Waals surface area contributed by atoms with Crippen LogP contribution in [0, 0.1) is 0 Å². The number of benzene rings is 1. The molecule has 0 unspecified atom stereocenters.